The molecule has 0 aromatic heterocycles. The molecule has 2 nitrogen and oxygen atoms in total. The lowest BCUT2D eigenvalue weighted by Gasteiger charge is -2.18. The maximum absolute atomic E-state index is 13.8. The van der Waals surface area contributed by atoms with Crippen LogP contribution in [0.2, 0.25) is 0 Å². The van der Waals surface area contributed by atoms with Gasteiger partial charge in [-0.3, -0.25) is 5.84 Å². The van der Waals surface area contributed by atoms with Crippen LogP contribution in [0.25, 0.3) is 0 Å². The number of benzene rings is 2. The van der Waals surface area contributed by atoms with Gasteiger partial charge in [0.25, 0.3) is 0 Å². The minimum Gasteiger partial charge on any atom is -0.271 e. The van der Waals surface area contributed by atoms with Crippen molar-refractivity contribution in [2.45, 2.75) is 25.8 Å². The zero-order valence-corrected chi connectivity index (χ0v) is 11.4. The van der Waals surface area contributed by atoms with Crippen molar-refractivity contribution in [1.82, 2.24) is 5.43 Å². The molecule has 0 spiro atoms. The zero-order chi connectivity index (χ0) is 14.5. The molecule has 0 aliphatic carbocycles. The van der Waals surface area contributed by atoms with E-state index in [0.717, 1.165) is 30.5 Å². The molecular weight excluding hydrogens is 258 g/mol. The lowest BCUT2D eigenvalue weighted by molar-refractivity contribution is 0.545. The highest BCUT2D eigenvalue weighted by Crippen LogP contribution is 2.25. The van der Waals surface area contributed by atoms with E-state index in [-0.39, 0.29) is 5.56 Å². The van der Waals surface area contributed by atoms with E-state index in [4.69, 9.17) is 5.84 Å². The normalized spacial score (nSPS) is 12.4. The molecule has 2 rings (SSSR count). The minimum atomic E-state index is -0.568. The molecular formula is C16H18F2N2. The van der Waals surface area contributed by atoms with Crippen molar-refractivity contribution >= 4 is 0 Å². The lowest BCUT2D eigenvalue weighted by atomic mass is 9.97. The van der Waals surface area contributed by atoms with Gasteiger partial charge in [0.1, 0.15) is 11.6 Å². The molecule has 0 amide bonds. The molecule has 20 heavy (non-hydrogen) atoms. The number of aryl methyl sites for hydroxylation is 1. The van der Waals surface area contributed by atoms with E-state index >= 15 is 0 Å². The number of hydrazine groups is 1. The topological polar surface area (TPSA) is 38.0 Å². The summed E-state index contributed by atoms with van der Waals surface area (Å²) in [6.07, 6.45) is 2.06. The Bertz CT molecular complexity index is 567. The van der Waals surface area contributed by atoms with E-state index in [9.17, 15) is 8.78 Å². The largest absolute Gasteiger partial charge is 0.271 e. The summed E-state index contributed by atoms with van der Waals surface area (Å²) >= 11 is 0. The number of rotatable bonds is 5. The molecule has 0 aliphatic rings. The quantitative estimate of drug-likeness (QED) is 0.648. The van der Waals surface area contributed by atoms with Crippen LogP contribution in [0.1, 0.15) is 36.1 Å². The Labute approximate surface area is 117 Å². The molecule has 0 aliphatic heterocycles. The molecule has 0 bridgehead atoms. The van der Waals surface area contributed by atoms with Crippen molar-refractivity contribution in [3.63, 3.8) is 0 Å². The third-order valence-corrected chi connectivity index (χ3v) is 3.29. The molecule has 4 heteroatoms. The summed E-state index contributed by atoms with van der Waals surface area (Å²) in [7, 11) is 0. The second-order valence-electron chi connectivity index (χ2n) is 4.76. The fraction of sp³-hybridized carbons (Fsp3) is 0.250. The van der Waals surface area contributed by atoms with Crippen LogP contribution < -0.4 is 11.3 Å². The first-order chi connectivity index (χ1) is 9.65. The molecule has 2 aromatic carbocycles. The molecule has 1 unspecified atom stereocenters. The lowest BCUT2D eigenvalue weighted by Crippen LogP contribution is -2.29. The van der Waals surface area contributed by atoms with Crippen molar-refractivity contribution < 1.29 is 8.78 Å². The van der Waals surface area contributed by atoms with Crippen molar-refractivity contribution in [3.8, 4) is 0 Å². The first kappa shape index (κ1) is 14.6. The highest BCUT2D eigenvalue weighted by molar-refractivity contribution is 5.34. The van der Waals surface area contributed by atoms with E-state index in [0.29, 0.717) is 0 Å². The minimum absolute atomic E-state index is 0.204. The SMILES string of the molecule is CCCc1ccc(C(NN)c2cc(F)ccc2F)cc1. The van der Waals surface area contributed by atoms with Gasteiger partial charge in [-0.05, 0) is 35.7 Å². The third kappa shape index (κ3) is 3.21. The van der Waals surface area contributed by atoms with Gasteiger partial charge in [-0.1, -0.05) is 37.6 Å². The average molecular weight is 276 g/mol. The van der Waals surface area contributed by atoms with Crippen LogP contribution in [0.3, 0.4) is 0 Å². The molecule has 1 atom stereocenters. The number of nitrogens with two attached hydrogens (primary N) is 1. The molecule has 106 valence electrons. The Morgan fingerprint density at radius 3 is 2.40 bits per heavy atom. The molecule has 0 radical (unpaired) electrons. The summed E-state index contributed by atoms with van der Waals surface area (Å²) < 4.78 is 27.1. The standard InChI is InChI=1S/C16H18F2N2/c1-2-3-11-4-6-12(7-5-11)16(20-19)14-10-13(17)8-9-15(14)18/h4-10,16,20H,2-3,19H2,1H3. The Balaban J connectivity index is 2.34. The Hall–Kier alpha value is -1.78. The second kappa shape index (κ2) is 6.59. The molecule has 2 aromatic rings. The van der Waals surface area contributed by atoms with Crippen LogP contribution in [0.4, 0.5) is 8.78 Å². The van der Waals surface area contributed by atoms with Gasteiger partial charge in [-0.2, -0.15) is 0 Å². The van der Waals surface area contributed by atoms with E-state index in [1.165, 1.54) is 11.6 Å². The van der Waals surface area contributed by atoms with Gasteiger partial charge >= 0.3 is 0 Å². The summed E-state index contributed by atoms with van der Waals surface area (Å²) in [5, 5.41) is 0. The number of hydrogen-bond donors (Lipinski definition) is 2. The summed E-state index contributed by atoms with van der Waals surface area (Å²) in [4.78, 5) is 0. The van der Waals surface area contributed by atoms with Gasteiger partial charge in [0.15, 0.2) is 0 Å². The van der Waals surface area contributed by atoms with Crippen LogP contribution in [0, 0.1) is 11.6 Å². The first-order valence-corrected chi connectivity index (χ1v) is 6.65. The Morgan fingerprint density at radius 2 is 1.80 bits per heavy atom. The number of halogens is 2. The molecule has 0 saturated carbocycles. The third-order valence-electron chi connectivity index (χ3n) is 3.29. The molecule has 0 fully saturated rings. The Morgan fingerprint density at radius 1 is 1.10 bits per heavy atom. The van der Waals surface area contributed by atoms with Gasteiger partial charge in [-0.25, -0.2) is 14.2 Å². The number of nitrogens with one attached hydrogen (secondary N) is 1. The summed E-state index contributed by atoms with van der Waals surface area (Å²) in [6, 6.07) is 10.6. The van der Waals surface area contributed by atoms with Crippen molar-refractivity contribution in [3.05, 3.63) is 70.8 Å². The van der Waals surface area contributed by atoms with Gasteiger partial charge in [0, 0.05) is 5.56 Å². The number of hydrogen-bond acceptors (Lipinski definition) is 2. The second-order valence-corrected chi connectivity index (χ2v) is 4.76. The monoisotopic (exact) mass is 276 g/mol. The highest BCUT2D eigenvalue weighted by Gasteiger charge is 2.17. The first-order valence-electron chi connectivity index (χ1n) is 6.65. The van der Waals surface area contributed by atoms with Gasteiger partial charge < -0.3 is 0 Å². The van der Waals surface area contributed by atoms with Crippen molar-refractivity contribution in [1.29, 1.82) is 0 Å². The maximum atomic E-state index is 13.8. The van der Waals surface area contributed by atoms with E-state index in [2.05, 4.69) is 12.3 Å². The van der Waals surface area contributed by atoms with Gasteiger partial charge in [0.05, 0.1) is 6.04 Å². The average Bonchev–Trinajstić information content (AvgIpc) is 2.45. The van der Waals surface area contributed by atoms with E-state index in [1.807, 2.05) is 24.3 Å². The van der Waals surface area contributed by atoms with Crippen LogP contribution in [0.5, 0.6) is 0 Å². The van der Waals surface area contributed by atoms with Gasteiger partial charge in [0.2, 0.25) is 0 Å². The van der Waals surface area contributed by atoms with Crippen molar-refractivity contribution in [2.75, 3.05) is 0 Å². The van der Waals surface area contributed by atoms with E-state index < -0.39 is 17.7 Å². The predicted octanol–water partition coefficient (Wildman–Crippen LogP) is 3.47. The Kier molecular flexibility index (Phi) is 4.82. The summed E-state index contributed by atoms with van der Waals surface area (Å²) in [5.41, 5.74) is 4.77. The van der Waals surface area contributed by atoms with Gasteiger partial charge in [-0.15, -0.1) is 0 Å². The van der Waals surface area contributed by atoms with Crippen LogP contribution in [-0.4, -0.2) is 0 Å². The smallest absolute Gasteiger partial charge is 0.128 e. The molecule has 3 N–H and O–H groups in total. The van der Waals surface area contributed by atoms with E-state index in [1.54, 1.807) is 0 Å². The zero-order valence-electron chi connectivity index (χ0n) is 11.4. The summed E-state index contributed by atoms with van der Waals surface area (Å²) in [6.45, 7) is 2.11. The van der Waals surface area contributed by atoms with Crippen molar-refractivity contribution in [2.24, 2.45) is 5.84 Å². The summed E-state index contributed by atoms with van der Waals surface area (Å²) in [5.74, 6) is 4.55. The predicted molar refractivity (Wildman–Crippen MR) is 76.0 cm³/mol. The molecule has 0 heterocycles. The fourth-order valence-electron chi connectivity index (χ4n) is 2.27. The highest BCUT2D eigenvalue weighted by atomic mass is 19.1. The molecule has 0 saturated heterocycles. The van der Waals surface area contributed by atoms with Crippen LogP contribution >= 0.6 is 0 Å². The van der Waals surface area contributed by atoms with Crippen LogP contribution in [0.15, 0.2) is 42.5 Å². The fourth-order valence-corrected chi connectivity index (χ4v) is 2.27. The maximum Gasteiger partial charge on any atom is 0.128 e. The van der Waals surface area contributed by atoms with Crippen LogP contribution in [-0.2, 0) is 6.42 Å².